The summed E-state index contributed by atoms with van der Waals surface area (Å²) in [5.41, 5.74) is 2.14. The Kier molecular flexibility index (Phi) is 4.75. The molecule has 0 fully saturated rings. The average molecular weight is 352 g/mol. The zero-order chi connectivity index (χ0) is 18.8. The number of carbonyl (C=O) groups is 3. The van der Waals surface area contributed by atoms with Crippen molar-refractivity contribution in [3.05, 3.63) is 59.2 Å². The Morgan fingerprint density at radius 2 is 1.69 bits per heavy atom. The summed E-state index contributed by atoms with van der Waals surface area (Å²) in [6.07, 6.45) is 0.0629. The van der Waals surface area contributed by atoms with E-state index < -0.39 is 17.7 Å². The van der Waals surface area contributed by atoms with Crippen LogP contribution in [0.3, 0.4) is 0 Å². The van der Waals surface area contributed by atoms with Crippen molar-refractivity contribution in [3.63, 3.8) is 0 Å². The van der Waals surface area contributed by atoms with Crippen molar-refractivity contribution in [2.45, 2.75) is 26.9 Å². The Balaban J connectivity index is 1.65. The first-order valence-electron chi connectivity index (χ1n) is 8.38. The molecule has 3 rings (SSSR count). The van der Waals surface area contributed by atoms with E-state index in [1.807, 2.05) is 20.8 Å². The Morgan fingerprint density at radius 3 is 2.35 bits per heavy atom. The van der Waals surface area contributed by atoms with Gasteiger partial charge in [0.1, 0.15) is 12.3 Å². The minimum absolute atomic E-state index is 0.0629. The van der Waals surface area contributed by atoms with E-state index in [9.17, 15) is 14.4 Å². The highest BCUT2D eigenvalue weighted by Crippen LogP contribution is 2.24. The molecule has 2 aromatic carbocycles. The van der Waals surface area contributed by atoms with Gasteiger partial charge in [0, 0.05) is 5.69 Å². The maximum atomic E-state index is 12.4. The van der Waals surface area contributed by atoms with Gasteiger partial charge in [-0.3, -0.25) is 19.3 Å². The maximum absolute atomic E-state index is 12.4. The van der Waals surface area contributed by atoms with Gasteiger partial charge in [0.15, 0.2) is 0 Å². The fraction of sp³-hybridized carbons (Fsp3) is 0.250. The standard InChI is InChI=1S/C20H20N2O4/c1-12(2)26-15-7-5-14(6-8-15)21-18(23)11-22-19(24)16-9-4-13(3)10-17(16)20(22)25/h4-10,12H,11H2,1-3H3,(H,21,23). The predicted molar refractivity (Wildman–Crippen MR) is 97.4 cm³/mol. The second-order valence-electron chi connectivity index (χ2n) is 6.48. The van der Waals surface area contributed by atoms with Crippen LogP contribution >= 0.6 is 0 Å². The third kappa shape index (κ3) is 3.59. The molecule has 0 atom stereocenters. The molecular formula is C20H20N2O4. The number of carbonyl (C=O) groups excluding carboxylic acids is 3. The molecule has 0 aliphatic carbocycles. The van der Waals surface area contributed by atoms with Gasteiger partial charge in [0.2, 0.25) is 5.91 Å². The maximum Gasteiger partial charge on any atom is 0.262 e. The summed E-state index contributed by atoms with van der Waals surface area (Å²) in [7, 11) is 0. The van der Waals surface area contributed by atoms with E-state index in [4.69, 9.17) is 4.74 Å². The van der Waals surface area contributed by atoms with Gasteiger partial charge < -0.3 is 10.1 Å². The Morgan fingerprint density at radius 1 is 1.04 bits per heavy atom. The number of fused-ring (bicyclic) bond motifs is 1. The molecule has 134 valence electrons. The quantitative estimate of drug-likeness (QED) is 0.839. The molecule has 6 nitrogen and oxygen atoms in total. The summed E-state index contributed by atoms with van der Waals surface area (Å²) in [5.74, 6) is -0.618. The molecule has 2 aromatic rings. The summed E-state index contributed by atoms with van der Waals surface area (Å²) < 4.78 is 5.55. The number of hydrogen-bond donors (Lipinski definition) is 1. The van der Waals surface area contributed by atoms with Gasteiger partial charge >= 0.3 is 0 Å². The van der Waals surface area contributed by atoms with E-state index in [-0.39, 0.29) is 12.6 Å². The minimum Gasteiger partial charge on any atom is -0.491 e. The number of nitrogens with zero attached hydrogens (tertiary/aromatic N) is 1. The first-order valence-corrected chi connectivity index (χ1v) is 8.38. The molecule has 3 amide bonds. The van der Waals surface area contributed by atoms with Crippen LogP contribution in [0.4, 0.5) is 5.69 Å². The molecule has 0 radical (unpaired) electrons. The SMILES string of the molecule is Cc1ccc2c(c1)C(=O)N(CC(=O)Nc1ccc(OC(C)C)cc1)C2=O. The van der Waals surface area contributed by atoms with Crippen LogP contribution in [0.2, 0.25) is 0 Å². The van der Waals surface area contributed by atoms with Crippen LogP contribution in [-0.2, 0) is 4.79 Å². The topological polar surface area (TPSA) is 75.7 Å². The molecule has 1 heterocycles. The van der Waals surface area contributed by atoms with Crippen molar-refractivity contribution in [2.75, 3.05) is 11.9 Å². The number of aryl methyl sites for hydroxylation is 1. The summed E-state index contributed by atoms with van der Waals surface area (Å²) in [4.78, 5) is 38.0. The van der Waals surface area contributed by atoms with Gasteiger partial charge in [-0.2, -0.15) is 0 Å². The summed E-state index contributed by atoms with van der Waals surface area (Å²) in [6, 6.07) is 12.0. The molecule has 1 N–H and O–H groups in total. The molecule has 26 heavy (non-hydrogen) atoms. The fourth-order valence-corrected chi connectivity index (χ4v) is 2.78. The van der Waals surface area contributed by atoms with E-state index in [1.54, 1.807) is 42.5 Å². The molecule has 1 aliphatic heterocycles. The molecule has 0 saturated heterocycles. The predicted octanol–water partition coefficient (Wildman–Crippen LogP) is 3.02. The van der Waals surface area contributed by atoms with Crippen LogP contribution in [0.5, 0.6) is 5.75 Å². The largest absolute Gasteiger partial charge is 0.491 e. The van der Waals surface area contributed by atoms with Crippen molar-refractivity contribution < 1.29 is 19.1 Å². The number of anilines is 1. The number of rotatable bonds is 5. The lowest BCUT2D eigenvalue weighted by Crippen LogP contribution is -2.37. The first-order chi connectivity index (χ1) is 12.3. The van der Waals surface area contributed by atoms with Crippen LogP contribution in [0.1, 0.15) is 40.1 Å². The molecule has 0 bridgehead atoms. The van der Waals surface area contributed by atoms with Crippen molar-refractivity contribution >= 4 is 23.4 Å². The lowest BCUT2D eigenvalue weighted by molar-refractivity contribution is -0.116. The second kappa shape index (κ2) is 7.00. The van der Waals surface area contributed by atoms with Crippen LogP contribution in [0.15, 0.2) is 42.5 Å². The number of hydrogen-bond acceptors (Lipinski definition) is 4. The van der Waals surface area contributed by atoms with Gasteiger partial charge in [-0.05, 0) is 57.2 Å². The van der Waals surface area contributed by atoms with Crippen molar-refractivity contribution in [2.24, 2.45) is 0 Å². The highest BCUT2D eigenvalue weighted by molar-refractivity contribution is 6.22. The van der Waals surface area contributed by atoms with Crippen molar-refractivity contribution in [3.8, 4) is 5.75 Å². The van der Waals surface area contributed by atoms with E-state index >= 15 is 0 Å². The van der Waals surface area contributed by atoms with Crippen LogP contribution < -0.4 is 10.1 Å². The van der Waals surface area contributed by atoms with E-state index in [0.717, 1.165) is 10.5 Å². The lowest BCUT2D eigenvalue weighted by Gasteiger charge is -2.14. The zero-order valence-corrected chi connectivity index (χ0v) is 14.9. The van der Waals surface area contributed by atoms with Gasteiger partial charge in [-0.25, -0.2) is 0 Å². The summed E-state index contributed by atoms with van der Waals surface area (Å²) >= 11 is 0. The van der Waals surface area contributed by atoms with Gasteiger partial charge in [-0.1, -0.05) is 11.6 Å². The Labute approximate surface area is 151 Å². The molecular weight excluding hydrogens is 332 g/mol. The fourth-order valence-electron chi connectivity index (χ4n) is 2.78. The van der Waals surface area contributed by atoms with E-state index in [1.165, 1.54) is 0 Å². The Bertz CT molecular complexity index is 872. The van der Waals surface area contributed by atoms with Crippen LogP contribution in [0.25, 0.3) is 0 Å². The normalized spacial score (nSPS) is 13.2. The lowest BCUT2D eigenvalue weighted by atomic mass is 10.1. The first kappa shape index (κ1) is 17.7. The number of benzene rings is 2. The summed E-state index contributed by atoms with van der Waals surface area (Å²) in [5, 5.41) is 2.69. The molecule has 0 aromatic heterocycles. The molecule has 0 saturated carbocycles. The zero-order valence-electron chi connectivity index (χ0n) is 14.9. The number of nitrogens with one attached hydrogen (secondary N) is 1. The molecule has 0 spiro atoms. The van der Waals surface area contributed by atoms with Gasteiger partial charge in [0.25, 0.3) is 11.8 Å². The highest BCUT2D eigenvalue weighted by atomic mass is 16.5. The molecule has 6 heteroatoms. The average Bonchev–Trinajstić information content (AvgIpc) is 2.81. The van der Waals surface area contributed by atoms with E-state index in [2.05, 4.69) is 5.32 Å². The van der Waals surface area contributed by atoms with Crippen LogP contribution in [-0.4, -0.2) is 35.3 Å². The summed E-state index contributed by atoms with van der Waals surface area (Å²) in [6.45, 7) is 5.38. The van der Waals surface area contributed by atoms with Crippen molar-refractivity contribution in [1.82, 2.24) is 4.90 Å². The monoisotopic (exact) mass is 352 g/mol. The smallest absolute Gasteiger partial charge is 0.262 e. The van der Waals surface area contributed by atoms with Gasteiger partial charge in [-0.15, -0.1) is 0 Å². The Hall–Kier alpha value is -3.15. The molecule has 1 aliphatic rings. The minimum atomic E-state index is -0.444. The van der Waals surface area contributed by atoms with Crippen molar-refractivity contribution in [1.29, 1.82) is 0 Å². The molecule has 0 unspecified atom stereocenters. The third-order valence-corrected chi connectivity index (χ3v) is 3.94. The van der Waals surface area contributed by atoms with Gasteiger partial charge in [0.05, 0.1) is 17.2 Å². The number of imide groups is 1. The second-order valence-corrected chi connectivity index (χ2v) is 6.48. The number of ether oxygens (including phenoxy) is 1. The number of amides is 3. The highest BCUT2D eigenvalue weighted by Gasteiger charge is 2.36. The van der Waals surface area contributed by atoms with Crippen LogP contribution in [0, 0.1) is 6.92 Å². The van der Waals surface area contributed by atoms with E-state index in [0.29, 0.717) is 22.6 Å². The third-order valence-electron chi connectivity index (χ3n) is 3.94.